The van der Waals surface area contributed by atoms with Crippen LogP contribution in [0.25, 0.3) is 27.5 Å². The largest absolute Gasteiger partial charge is 0.483 e. The maximum Gasteiger partial charge on any atom is 0.405 e. The van der Waals surface area contributed by atoms with E-state index in [1.807, 2.05) is 28.8 Å². The van der Waals surface area contributed by atoms with Crippen molar-refractivity contribution in [1.29, 1.82) is 0 Å². The molecule has 0 radical (unpaired) electrons. The number of benzene rings is 1. The van der Waals surface area contributed by atoms with E-state index in [1.54, 1.807) is 41.0 Å². The van der Waals surface area contributed by atoms with Gasteiger partial charge in [0.05, 0.1) is 17.6 Å². The molecule has 5 rings (SSSR count). The van der Waals surface area contributed by atoms with E-state index in [0.29, 0.717) is 5.69 Å². The third-order valence-electron chi connectivity index (χ3n) is 5.23. The number of anilines is 1. The fourth-order valence-corrected chi connectivity index (χ4v) is 4.76. The highest BCUT2D eigenvalue weighted by Gasteiger charge is 2.27. The number of pyridine rings is 1. The molecule has 0 fully saturated rings. The molecular weight excluding hydrogens is 497 g/mol. The number of hydrogen-bond acceptors (Lipinski definition) is 6. The van der Waals surface area contributed by atoms with Gasteiger partial charge >= 0.3 is 12.2 Å². The molecule has 13 heteroatoms. The van der Waals surface area contributed by atoms with Crippen LogP contribution < -0.4 is 16.0 Å². The van der Waals surface area contributed by atoms with Crippen LogP contribution in [-0.2, 0) is 17.8 Å². The highest BCUT2D eigenvalue weighted by Crippen LogP contribution is 2.31. The molecule has 188 valence electrons. The zero-order valence-electron chi connectivity index (χ0n) is 18.7. The average Bonchev–Trinajstić information content (AvgIpc) is 3.47. The number of amides is 2. The summed E-state index contributed by atoms with van der Waals surface area (Å²) < 4.78 is 38.8. The zero-order chi connectivity index (χ0) is 25.7. The summed E-state index contributed by atoms with van der Waals surface area (Å²) in [5, 5.41) is 15.4. The molecule has 0 saturated carbocycles. The predicted octanol–water partition coefficient (Wildman–Crippen LogP) is 4.16. The number of fused-ring (bicyclic) bond motifs is 2. The van der Waals surface area contributed by atoms with Gasteiger partial charge in [-0.05, 0) is 24.3 Å². The van der Waals surface area contributed by atoms with Gasteiger partial charge in [-0.3, -0.25) is 9.20 Å². The first-order valence-electron chi connectivity index (χ1n) is 10.7. The summed E-state index contributed by atoms with van der Waals surface area (Å²) in [7, 11) is 0. The van der Waals surface area contributed by atoms with Crippen LogP contribution in [0.1, 0.15) is 10.6 Å². The standard InChI is InChI=1S/C22H19F3N6OS.CH2O2/c23-22(24,25)12-28-21(32)29-15-3-1-2-13(8-15)17-10-27-19-9-14(5-7-31(17)19)20-30-16-4-6-26-11-18(16)33-20;2-1-3/h1-3,5,7-10,26H,4,6,11-12H2,(H2,28,29,32);1H,(H,2,3). The van der Waals surface area contributed by atoms with Gasteiger partial charge in [-0.25, -0.2) is 14.8 Å². The number of carboxylic acid groups (broad SMARTS) is 1. The minimum Gasteiger partial charge on any atom is -0.483 e. The van der Waals surface area contributed by atoms with E-state index in [1.165, 1.54) is 4.88 Å². The Hall–Kier alpha value is -3.97. The number of carbonyl (C=O) groups is 2. The Morgan fingerprint density at radius 3 is 2.81 bits per heavy atom. The Balaban J connectivity index is 0.000000967. The smallest absolute Gasteiger partial charge is 0.405 e. The van der Waals surface area contributed by atoms with E-state index in [-0.39, 0.29) is 6.47 Å². The third-order valence-corrected chi connectivity index (χ3v) is 6.37. The van der Waals surface area contributed by atoms with Crippen LogP contribution in [0.5, 0.6) is 0 Å². The van der Waals surface area contributed by atoms with Crippen molar-refractivity contribution in [2.45, 2.75) is 19.1 Å². The van der Waals surface area contributed by atoms with Gasteiger partial charge in [0.2, 0.25) is 0 Å². The molecule has 9 nitrogen and oxygen atoms in total. The Morgan fingerprint density at radius 1 is 1.25 bits per heavy atom. The van der Waals surface area contributed by atoms with E-state index >= 15 is 0 Å². The molecule has 4 aromatic rings. The number of alkyl halides is 3. The molecule has 1 aromatic carbocycles. The first-order valence-corrected chi connectivity index (χ1v) is 11.6. The molecule has 0 aliphatic carbocycles. The van der Waals surface area contributed by atoms with Gasteiger partial charge in [0.25, 0.3) is 6.47 Å². The van der Waals surface area contributed by atoms with Gasteiger partial charge in [-0.2, -0.15) is 13.2 Å². The molecule has 3 aromatic heterocycles. The topological polar surface area (TPSA) is 121 Å². The van der Waals surface area contributed by atoms with Crippen LogP contribution in [0.3, 0.4) is 0 Å². The molecule has 0 spiro atoms. The van der Waals surface area contributed by atoms with E-state index in [2.05, 4.69) is 15.6 Å². The number of thiazole rings is 1. The number of rotatable bonds is 4. The maximum absolute atomic E-state index is 12.3. The van der Waals surface area contributed by atoms with Crippen molar-refractivity contribution in [1.82, 2.24) is 25.0 Å². The van der Waals surface area contributed by atoms with E-state index < -0.39 is 18.8 Å². The SMILES string of the molecule is O=C(NCC(F)(F)F)Nc1cccc(-c2cnc3cc(-c4nc5c(s4)CNCC5)ccn23)c1.O=CO. The van der Waals surface area contributed by atoms with Crippen LogP contribution in [0.4, 0.5) is 23.7 Å². The zero-order valence-corrected chi connectivity index (χ0v) is 19.5. The van der Waals surface area contributed by atoms with Gasteiger partial charge in [0.1, 0.15) is 17.2 Å². The van der Waals surface area contributed by atoms with Gasteiger partial charge < -0.3 is 21.1 Å². The highest BCUT2D eigenvalue weighted by molar-refractivity contribution is 7.15. The molecule has 1 aliphatic heterocycles. The van der Waals surface area contributed by atoms with Crippen LogP contribution in [-0.4, -0.2) is 51.2 Å². The molecule has 0 saturated heterocycles. The first kappa shape index (κ1) is 25.1. The first-order chi connectivity index (χ1) is 17.3. The average molecular weight is 519 g/mol. The molecule has 4 N–H and O–H groups in total. The second-order valence-corrected chi connectivity index (χ2v) is 8.80. The Labute approximate surface area is 207 Å². The lowest BCUT2D eigenvalue weighted by molar-refractivity contribution is -0.123. The van der Waals surface area contributed by atoms with E-state index in [9.17, 15) is 18.0 Å². The van der Waals surface area contributed by atoms with Crippen LogP contribution in [0.2, 0.25) is 0 Å². The Morgan fingerprint density at radius 2 is 2.06 bits per heavy atom. The molecule has 0 unspecified atom stereocenters. The van der Waals surface area contributed by atoms with Crippen molar-refractivity contribution in [3.8, 4) is 21.8 Å². The predicted molar refractivity (Wildman–Crippen MR) is 129 cm³/mol. The second-order valence-electron chi connectivity index (χ2n) is 7.71. The lowest BCUT2D eigenvalue weighted by Crippen LogP contribution is -2.36. The number of nitrogens with one attached hydrogen (secondary N) is 3. The summed E-state index contributed by atoms with van der Waals surface area (Å²) in [5.74, 6) is 0. The molecule has 2 amide bonds. The van der Waals surface area contributed by atoms with Crippen molar-refractivity contribution >= 4 is 35.2 Å². The minimum atomic E-state index is -4.47. The van der Waals surface area contributed by atoms with E-state index in [4.69, 9.17) is 14.9 Å². The summed E-state index contributed by atoms with van der Waals surface area (Å²) in [5.41, 5.74) is 4.83. The lowest BCUT2D eigenvalue weighted by atomic mass is 10.1. The number of urea groups is 1. The quantitative estimate of drug-likeness (QED) is 0.301. The van der Waals surface area contributed by atoms with E-state index in [0.717, 1.165) is 52.7 Å². The van der Waals surface area contributed by atoms with Gasteiger partial charge in [0.15, 0.2) is 0 Å². The summed E-state index contributed by atoms with van der Waals surface area (Å²) >= 11 is 1.69. The second kappa shape index (κ2) is 10.7. The highest BCUT2D eigenvalue weighted by atomic mass is 32.1. The van der Waals surface area contributed by atoms with Crippen molar-refractivity contribution < 1.29 is 27.9 Å². The Bertz CT molecular complexity index is 1360. The molecule has 4 heterocycles. The number of imidazole rings is 1. The summed E-state index contributed by atoms with van der Waals surface area (Å²) in [4.78, 5) is 30.7. The number of aromatic nitrogens is 3. The fraction of sp³-hybridized carbons (Fsp3) is 0.217. The maximum atomic E-state index is 12.3. The minimum absolute atomic E-state index is 0.250. The molecule has 0 atom stereocenters. The molecule has 36 heavy (non-hydrogen) atoms. The number of hydrogen-bond donors (Lipinski definition) is 4. The molecule has 1 aliphatic rings. The van der Waals surface area contributed by atoms with Crippen molar-refractivity contribution in [2.24, 2.45) is 0 Å². The van der Waals surface area contributed by atoms with Crippen molar-refractivity contribution in [3.63, 3.8) is 0 Å². The normalized spacial score (nSPS) is 12.9. The number of nitrogens with zero attached hydrogens (tertiary/aromatic N) is 3. The third kappa shape index (κ3) is 5.98. The van der Waals surface area contributed by atoms with Gasteiger partial charge in [0, 0.05) is 47.4 Å². The number of halogens is 3. The lowest BCUT2D eigenvalue weighted by Gasteiger charge is -2.10. The summed E-state index contributed by atoms with van der Waals surface area (Å²) in [6.07, 6.45) is 0.101. The van der Waals surface area contributed by atoms with Crippen LogP contribution in [0, 0.1) is 0 Å². The summed E-state index contributed by atoms with van der Waals surface area (Å²) in [6.45, 7) is 0.144. The monoisotopic (exact) mass is 518 g/mol. The van der Waals surface area contributed by atoms with Crippen molar-refractivity contribution in [3.05, 3.63) is 59.4 Å². The molecule has 0 bridgehead atoms. The molecular formula is C23H21F3N6O3S. The number of carbonyl (C=O) groups excluding carboxylic acids is 1. The Kier molecular flexibility index (Phi) is 7.50. The van der Waals surface area contributed by atoms with Gasteiger partial charge in [-0.15, -0.1) is 11.3 Å². The fourth-order valence-electron chi connectivity index (χ4n) is 3.69. The van der Waals surface area contributed by atoms with Gasteiger partial charge in [-0.1, -0.05) is 12.1 Å². The van der Waals surface area contributed by atoms with Crippen molar-refractivity contribution in [2.75, 3.05) is 18.4 Å². The summed E-state index contributed by atoms with van der Waals surface area (Å²) in [6, 6.07) is 9.91. The van der Waals surface area contributed by atoms with Crippen LogP contribution >= 0.6 is 11.3 Å². The van der Waals surface area contributed by atoms with Crippen LogP contribution in [0.15, 0.2) is 48.8 Å².